The molecule has 4 aromatic rings. The van der Waals surface area contributed by atoms with Crippen LogP contribution in [0.4, 0.5) is 10.5 Å². The van der Waals surface area contributed by atoms with Crippen LogP contribution >= 0.6 is 0 Å². The Kier molecular flexibility index (Phi) is 4.25. The number of carbonyl (C=O) groups excluding carboxylic acids is 1. The van der Waals surface area contributed by atoms with Crippen molar-refractivity contribution in [1.82, 2.24) is 24.8 Å². The van der Waals surface area contributed by atoms with Gasteiger partial charge in [0.1, 0.15) is 0 Å². The average Bonchev–Trinajstić information content (AvgIpc) is 3.35. The van der Waals surface area contributed by atoms with E-state index in [1.807, 2.05) is 42.9 Å². The summed E-state index contributed by atoms with van der Waals surface area (Å²) in [5.41, 5.74) is 5.65. The SMILES string of the molecule is O=C(NCC1c2ccccc2-c2cncn21)Nc1cccnc1-c1ccncc1. The first kappa shape index (κ1) is 17.1. The fourth-order valence-corrected chi connectivity index (χ4v) is 3.74. The largest absolute Gasteiger partial charge is 0.335 e. The minimum atomic E-state index is -0.278. The lowest BCUT2D eigenvalue weighted by atomic mass is 10.0. The molecule has 3 aromatic heterocycles. The zero-order valence-electron chi connectivity index (χ0n) is 15.5. The lowest BCUT2D eigenvalue weighted by Gasteiger charge is -2.17. The maximum absolute atomic E-state index is 12.6. The number of benzene rings is 1. The minimum Gasteiger partial charge on any atom is -0.335 e. The Morgan fingerprint density at radius 1 is 1.00 bits per heavy atom. The lowest BCUT2D eigenvalue weighted by molar-refractivity contribution is 0.251. The zero-order valence-corrected chi connectivity index (χ0v) is 15.5. The van der Waals surface area contributed by atoms with Gasteiger partial charge in [-0.25, -0.2) is 9.78 Å². The van der Waals surface area contributed by atoms with Crippen LogP contribution < -0.4 is 10.6 Å². The Balaban J connectivity index is 1.32. The summed E-state index contributed by atoms with van der Waals surface area (Å²) in [7, 11) is 0. The average molecular weight is 382 g/mol. The van der Waals surface area contributed by atoms with Crippen molar-refractivity contribution in [1.29, 1.82) is 0 Å². The summed E-state index contributed by atoms with van der Waals surface area (Å²) in [5.74, 6) is 0. The number of urea groups is 1. The number of aromatic nitrogens is 4. The van der Waals surface area contributed by atoms with E-state index in [4.69, 9.17) is 0 Å². The van der Waals surface area contributed by atoms with Gasteiger partial charge in [-0.1, -0.05) is 24.3 Å². The van der Waals surface area contributed by atoms with Crippen molar-refractivity contribution in [3.05, 3.63) is 85.2 Å². The molecule has 0 saturated carbocycles. The van der Waals surface area contributed by atoms with Crippen LogP contribution in [0.3, 0.4) is 0 Å². The van der Waals surface area contributed by atoms with E-state index in [-0.39, 0.29) is 12.1 Å². The molecule has 4 heterocycles. The summed E-state index contributed by atoms with van der Waals surface area (Å²) in [4.78, 5) is 25.3. The third-order valence-electron chi connectivity index (χ3n) is 5.06. The second-order valence-electron chi connectivity index (χ2n) is 6.76. The number of amides is 2. The van der Waals surface area contributed by atoms with E-state index in [9.17, 15) is 4.79 Å². The van der Waals surface area contributed by atoms with Gasteiger partial charge >= 0.3 is 6.03 Å². The van der Waals surface area contributed by atoms with E-state index in [0.717, 1.165) is 16.8 Å². The van der Waals surface area contributed by atoms with Crippen LogP contribution in [0.5, 0.6) is 0 Å². The van der Waals surface area contributed by atoms with E-state index in [2.05, 4.69) is 42.3 Å². The van der Waals surface area contributed by atoms with Crippen LogP contribution in [0.1, 0.15) is 11.6 Å². The summed E-state index contributed by atoms with van der Waals surface area (Å²) in [5, 5.41) is 5.90. The standard InChI is InChI=1S/C22H18N6O/c29-22(27-18-6-3-9-25-21(18)15-7-10-23-11-8-15)26-13-20-17-5-2-1-4-16(17)19-12-24-14-28(19)20/h1-12,14,20H,13H2,(H2,26,27,29). The van der Waals surface area contributed by atoms with Crippen molar-refractivity contribution >= 4 is 11.7 Å². The molecule has 142 valence electrons. The molecule has 7 nitrogen and oxygen atoms in total. The van der Waals surface area contributed by atoms with E-state index in [0.29, 0.717) is 17.9 Å². The quantitative estimate of drug-likeness (QED) is 0.563. The van der Waals surface area contributed by atoms with E-state index in [1.165, 1.54) is 5.56 Å². The van der Waals surface area contributed by atoms with Gasteiger partial charge < -0.3 is 15.2 Å². The third kappa shape index (κ3) is 3.12. The highest BCUT2D eigenvalue weighted by Gasteiger charge is 2.28. The number of anilines is 1. The van der Waals surface area contributed by atoms with Crippen molar-refractivity contribution in [2.45, 2.75) is 6.04 Å². The molecule has 0 saturated heterocycles. The highest BCUT2D eigenvalue weighted by atomic mass is 16.2. The molecule has 1 atom stereocenters. The summed E-state index contributed by atoms with van der Waals surface area (Å²) < 4.78 is 2.09. The summed E-state index contributed by atoms with van der Waals surface area (Å²) in [6, 6.07) is 15.3. The van der Waals surface area contributed by atoms with Gasteiger partial charge in [-0.15, -0.1) is 0 Å². The van der Waals surface area contributed by atoms with Crippen molar-refractivity contribution < 1.29 is 4.79 Å². The number of imidazole rings is 1. The smallest absolute Gasteiger partial charge is 0.319 e. The van der Waals surface area contributed by atoms with Crippen molar-refractivity contribution in [3.8, 4) is 22.5 Å². The maximum Gasteiger partial charge on any atom is 0.319 e. The molecule has 0 bridgehead atoms. The molecule has 7 heteroatoms. The van der Waals surface area contributed by atoms with Crippen LogP contribution in [-0.4, -0.2) is 32.1 Å². The van der Waals surface area contributed by atoms with Gasteiger partial charge in [0.25, 0.3) is 0 Å². The normalized spacial score (nSPS) is 14.1. The fourth-order valence-electron chi connectivity index (χ4n) is 3.74. The number of hydrogen-bond acceptors (Lipinski definition) is 4. The van der Waals surface area contributed by atoms with Crippen molar-refractivity contribution in [3.63, 3.8) is 0 Å². The topological polar surface area (TPSA) is 84.7 Å². The van der Waals surface area contributed by atoms with E-state index < -0.39 is 0 Å². The Bertz CT molecular complexity index is 1170. The molecule has 0 spiro atoms. The second kappa shape index (κ2) is 7.20. The molecule has 0 radical (unpaired) electrons. The molecule has 0 aliphatic carbocycles. The van der Waals surface area contributed by atoms with Crippen molar-refractivity contribution in [2.24, 2.45) is 0 Å². The lowest BCUT2D eigenvalue weighted by Crippen LogP contribution is -2.33. The Morgan fingerprint density at radius 2 is 1.86 bits per heavy atom. The van der Waals surface area contributed by atoms with Gasteiger partial charge in [0.15, 0.2) is 0 Å². The van der Waals surface area contributed by atoms with E-state index in [1.54, 1.807) is 24.7 Å². The number of pyridine rings is 2. The number of nitrogens with one attached hydrogen (secondary N) is 2. The molecule has 1 aliphatic heterocycles. The Labute approximate surface area is 167 Å². The summed E-state index contributed by atoms with van der Waals surface area (Å²) in [6.07, 6.45) is 8.77. The first-order valence-corrected chi connectivity index (χ1v) is 9.32. The number of carbonyl (C=O) groups is 1. The van der Waals surface area contributed by atoms with Gasteiger partial charge in [-0.3, -0.25) is 9.97 Å². The van der Waals surface area contributed by atoms with Gasteiger partial charge in [-0.2, -0.15) is 0 Å². The van der Waals surface area contributed by atoms with Crippen molar-refractivity contribution in [2.75, 3.05) is 11.9 Å². The number of nitrogens with zero attached hydrogens (tertiary/aromatic N) is 4. The van der Waals surface area contributed by atoms with Gasteiger partial charge in [0.05, 0.1) is 35.6 Å². The third-order valence-corrected chi connectivity index (χ3v) is 5.06. The predicted octanol–water partition coefficient (Wildman–Crippen LogP) is 3.73. The Hall–Kier alpha value is -4.00. The molecular weight excluding hydrogens is 364 g/mol. The first-order valence-electron chi connectivity index (χ1n) is 9.32. The molecule has 0 fully saturated rings. The fraction of sp³-hybridized carbons (Fsp3) is 0.0909. The molecular formula is C22H18N6O. The van der Waals surface area contributed by atoms with Crippen LogP contribution in [0, 0.1) is 0 Å². The first-order chi connectivity index (χ1) is 14.3. The number of hydrogen-bond donors (Lipinski definition) is 2. The monoisotopic (exact) mass is 382 g/mol. The minimum absolute atomic E-state index is 0.0167. The number of rotatable bonds is 4. The maximum atomic E-state index is 12.6. The highest BCUT2D eigenvalue weighted by molar-refractivity contribution is 5.93. The molecule has 1 unspecified atom stereocenters. The van der Waals surface area contributed by atoms with Crippen LogP contribution in [0.25, 0.3) is 22.5 Å². The summed E-state index contributed by atoms with van der Waals surface area (Å²) >= 11 is 0. The van der Waals surface area contributed by atoms with Crippen LogP contribution in [0.2, 0.25) is 0 Å². The van der Waals surface area contributed by atoms with Gasteiger partial charge in [0.2, 0.25) is 0 Å². The highest BCUT2D eigenvalue weighted by Crippen LogP contribution is 2.38. The summed E-state index contributed by atoms with van der Waals surface area (Å²) in [6.45, 7) is 0.455. The second-order valence-corrected chi connectivity index (χ2v) is 6.76. The number of fused-ring (bicyclic) bond motifs is 3. The van der Waals surface area contributed by atoms with Crippen LogP contribution in [0.15, 0.2) is 79.6 Å². The molecule has 2 amide bonds. The van der Waals surface area contributed by atoms with Crippen LogP contribution in [-0.2, 0) is 0 Å². The molecule has 1 aliphatic rings. The molecule has 1 aromatic carbocycles. The zero-order chi connectivity index (χ0) is 19.6. The van der Waals surface area contributed by atoms with Gasteiger partial charge in [0, 0.05) is 36.3 Å². The Morgan fingerprint density at radius 3 is 2.76 bits per heavy atom. The molecule has 5 rings (SSSR count). The molecule has 2 N–H and O–H groups in total. The van der Waals surface area contributed by atoms with E-state index >= 15 is 0 Å². The predicted molar refractivity (Wildman–Crippen MR) is 110 cm³/mol. The molecule has 29 heavy (non-hydrogen) atoms. The van der Waals surface area contributed by atoms with Gasteiger partial charge in [-0.05, 0) is 29.8 Å².